The van der Waals surface area contributed by atoms with E-state index in [0.717, 1.165) is 36.2 Å². The second kappa shape index (κ2) is 6.58. The third-order valence-corrected chi connectivity index (χ3v) is 3.89. The van der Waals surface area contributed by atoms with Crippen LogP contribution >= 0.6 is 0 Å². The molecular formula is C13H18O3S. The average molecular weight is 254 g/mol. The number of methoxy groups -OCH3 is 1. The number of carbonyl (C=O) groups is 1. The van der Waals surface area contributed by atoms with Crippen molar-refractivity contribution in [2.75, 3.05) is 7.11 Å². The average Bonchev–Trinajstić information content (AvgIpc) is 2.35. The Morgan fingerprint density at radius 3 is 2.59 bits per heavy atom. The zero-order chi connectivity index (χ0) is 12.8. The molecule has 0 aromatic carbocycles. The van der Waals surface area contributed by atoms with Gasteiger partial charge in [-0.15, -0.1) is 0 Å². The molecule has 0 bridgehead atoms. The molecule has 3 nitrogen and oxygen atoms in total. The van der Waals surface area contributed by atoms with Gasteiger partial charge in [0.05, 0.1) is 17.9 Å². The second-order valence-electron chi connectivity index (χ2n) is 4.13. The molecule has 1 aliphatic carbocycles. The minimum absolute atomic E-state index is 0.126. The molecule has 0 aliphatic heterocycles. The van der Waals surface area contributed by atoms with Gasteiger partial charge in [-0.05, 0) is 45.1 Å². The molecule has 0 radical (unpaired) electrons. The highest BCUT2D eigenvalue weighted by Crippen LogP contribution is 2.24. The Morgan fingerprint density at radius 2 is 2.12 bits per heavy atom. The van der Waals surface area contributed by atoms with Crippen molar-refractivity contribution < 1.29 is 13.7 Å². The number of hydrogen-bond acceptors (Lipinski definition) is 3. The van der Waals surface area contributed by atoms with Crippen LogP contribution in [-0.4, -0.2) is 17.3 Å². The number of carbonyl (C=O) groups excluding carboxylic acids is 1. The van der Waals surface area contributed by atoms with Crippen LogP contribution in [0.15, 0.2) is 27.2 Å². The first-order valence-electron chi connectivity index (χ1n) is 5.69. The summed E-state index contributed by atoms with van der Waals surface area (Å²) in [5, 5.41) is 0. The summed E-state index contributed by atoms with van der Waals surface area (Å²) < 4.78 is 16.9. The van der Waals surface area contributed by atoms with Crippen LogP contribution in [-0.2, 0) is 20.3 Å². The molecule has 0 aromatic rings. The molecular weight excluding hydrogens is 236 g/mol. The minimum Gasteiger partial charge on any atom is -0.465 e. The van der Waals surface area contributed by atoms with E-state index in [1.165, 1.54) is 7.11 Å². The van der Waals surface area contributed by atoms with Gasteiger partial charge >= 0.3 is 5.97 Å². The van der Waals surface area contributed by atoms with Crippen LogP contribution in [0.2, 0.25) is 0 Å². The Labute approximate surface area is 105 Å². The lowest BCUT2D eigenvalue weighted by molar-refractivity contribution is -0.135. The zero-order valence-electron chi connectivity index (χ0n) is 10.5. The van der Waals surface area contributed by atoms with E-state index in [9.17, 15) is 9.00 Å². The third kappa shape index (κ3) is 3.99. The van der Waals surface area contributed by atoms with Gasteiger partial charge in [0.1, 0.15) is 0 Å². The quantitative estimate of drug-likeness (QED) is 0.442. The molecule has 0 unspecified atom stereocenters. The Bertz CT molecular complexity index is 422. The fourth-order valence-electron chi connectivity index (χ4n) is 1.60. The molecule has 0 saturated carbocycles. The second-order valence-corrected chi connectivity index (χ2v) is 5.60. The van der Waals surface area contributed by atoms with Gasteiger partial charge in [-0.3, -0.25) is 0 Å². The maximum absolute atomic E-state index is 12.3. The molecule has 0 N–H and O–H groups in total. The molecule has 1 rings (SSSR count). The molecule has 94 valence electrons. The van der Waals surface area contributed by atoms with E-state index in [0.29, 0.717) is 0 Å². The largest absolute Gasteiger partial charge is 0.465 e. The van der Waals surface area contributed by atoms with E-state index in [-0.39, 0.29) is 4.91 Å². The standard InChI is InChI=1S/C13H18O3S/c1-10(2)9-12(13(14)16-3)17(15)11-7-5-4-6-8-11/h7H,4-6,8H2,1-3H3/t17-/m1/s1. The predicted molar refractivity (Wildman–Crippen MR) is 68.6 cm³/mol. The molecule has 0 aromatic heterocycles. The van der Waals surface area contributed by atoms with Crippen LogP contribution in [0.1, 0.15) is 39.5 Å². The van der Waals surface area contributed by atoms with Crippen molar-refractivity contribution in [3.05, 3.63) is 27.2 Å². The van der Waals surface area contributed by atoms with Crippen LogP contribution in [0.3, 0.4) is 0 Å². The first kappa shape index (κ1) is 13.9. The Morgan fingerprint density at radius 1 is 1.41 bits per heavy atom. The summed E-state index contributed by atoms with van der Waals surface area (Å²) in [6.07, 6.45) is 5.85. The van der Waals surface area contributed by atoms with Gasteiger partial charge in [0.15, 0.2) is 4.91 Å². The van der Waals surface area contributed by atoms with Gasteiger partial charge in [-0.2, -0.15) is 0 Å². The molecule has 1 aliphatic rings. The Hall–Kier alpha value is -1.12. The van der Waals surface area contributed by atoms with Gasteiger partial charge in [0.2, 0.25) is 0 Å². The predicted octanol–water partition coefficient (Wildman–Crippen LogP) is 2.82. The fourth-order valence-corrected chi connectivity index (χ4v) is 2.99. The van der Waals surface area contributed by atoms with Crippen LogP contribution in [0, 0.1) is 0 Å². The normalized spacial score (nSPS) is 16.5. The lowest BCUT2D eigenvalue weighted by Gasteiger charge is -2.12. The Kier molecular flexibility index (Phi) is 5.39. The number of allylic oxidation sites excluding steroid dienone is 2. The summed E-state index contributed by atoms with van der Waals surface area (Å²) in [7, 11) is -0.130. The van der Waals surface area contributed by atoms with Gasteiger partial charge in [-0.25, -0.2) is 9.00 Å². The molecule has 0 saturated heterocycles. The van der Waals surface area contributed by atoms with Crippen LogP contribution in [0.5, 0.6) is 0 Å². The molecule has 0 amide bonds. The van der Waals surface area contributed by atoms with Crippen LogP contribution in [0.25, 0.3) is 0 Å². The Balaban J connectivity index is 3.08. The van der Waals surface area contributed by atoms with E-state index in [1.54, 1.807) is 0 Å². The lowest BCUT2D eigenvalue weighted by atomic mass is 10.1. The molecule has 0 heterocycles. The van der Waals surface area contributed by atoms with Gasteiger partial charge in [-0.1, -0.05) is 11.8 Å². The van der Waals surface area contributed by atoms with Crippen LogP contribution in [0.4, 0.5) is 0 Å². The highest BCUT2D eigenvalue weighted by Gasteiger charge is 2.21. The maximum Gasteiger partial charge on any atom is 0.355 e. The van der Waals surface area contributed by atoms with Crippen molar-refractivity contribution in [1.82, 2.24) is 0 Å². The van der Waals surface area contributed by atoms with Gasteiger partial charge in [0, 0.05) is 4.91 Å². The molecule has 17 heavy (non-hydrogen) atoms. The zero-order valence-corrected chi connectivity index (χ0v) is 11.4. The summed E-state index contributed by atoms with van der Waals surface area (Å²) in [6.45, 7) is 3.63. The minimum atomic E-state index is -1.42. The molecule has 1 atom stereocenters. The van der Waals surface area contributed by atoms with Crippen molar-refractivity contribution in [3.8, 4) is 0 Å². The number of ether oxygens (including phenoxy) is 1. The maximum atomic E-state index is 12.3. The van der Waals surface area contributed by atoms with E-state index in [1.807, 2.05) is 19.9 Å². The van der Waals surface area contributed by atoms with Crippen molar-refractivity contribution in [1.29, 1.82) is 0 Å². The van der Waals surface area contributed by atoms with Gasteiger partial charge < -0.3 is 4.74 Å². The SMILES string of the molecule is COC(=O)C(=C=C(C)C)[S@](=O)C1=CCCCC1. The van der Waals surface area contributed by atoms with Crippen molar-refractivity contribution in [2.45, 2.75) is 39.5 Å². The summed E-state index contributed by atoms with van der Waals surface area (Å²) in [5.74, 6) is -0.559. The monoisotopic (exact) mass is 254 g/mol. The summed E-state index contributed by atoms with van der Waals surface area (Å²) in [5.41, 5.74) is 3.66. The highest BCUT2D eigenvalue weighted by atomic mass is 32.2. The highest BCUT2D eigenvalue weighted by molar-refractivity contribution is 7.93. The third-order valence-electron chi connectivity index (χ3n) is 2.41. The fraction of sp³-hybridized carbons (Fsp3) is 0.538. The number of rotatable bonds is 3. The van der Waals surface area contributed by atoms with Crippen molar-refractivity contribution >= 4 is 16.8 Å². The van der Waals surface area contributed by atoms with Gasteiger partial charge in [0.25, 0.3) is 0 Å². The number of hydrogen-bond donors (Lipinski definition) is 0. The number of esters is 1. The lowest BCUT2D eigenvalue weighted by Crippen LogP contribution is -2.12. The van der Waals surface area contributed by atoms with E-state index in [2.05, 4.69) is 10.5 Å². The topological polar surface area (TPSA) is 43.4 Å². The molecule has 0 spiro atoms. The van der Waals surface area contributed by atoms with E-state index >= 15 is 0 Å². The molecule has 0 fully saturated rings. The first-order valence-corrected chi connectivity index (χ1v) is 6.84. The van der Waals surface area contributed by atoms with Crippen molar-refractivity contribution in [3.63, 3.8) is 0 Å². The summed E-state index contributed by atoms with van der Waals surface area (Å²) in [6, 6.07) is 0. The van der Waals surface area contributed by atoms with Crippen molar-refractivity contribution in [2.24, 2.45) is 0 Å². The molecule has 4 heteroatoms. The summed E-state index contributed by atoms with van der Waals surface area (Å²) >= 11 is 0. The smallest absolute Gasteiger partial charge is 0.355 e. The summed E-state index contributed by atoms with van der Waals surface area (Å²) in [4.78, 5) is 12.5. The van der Waals surface area contributed by atoms with E-state index < -0.39 is 16.8 Å². The van der Waals surface area contributed by atoms with E-state index in [4.69, 9.17) is 0 Å². The first-order chi connectivity index (χ1) is 8.06. The van der Waals surface area contributed by atoms with Crippen LogP contribution < -0.4 is 0 Å².